The van der Waals surface area contributed by atoms with Gasteiger partial charge in [0.2, 0.25) is 15.9 Å². The van der Waals surface area contributed by atoms with Gasteiger partial charge < -0.3 is 14.8 Å². The molecule has 0 spiro atoms. The van der Waals surface area contributed by atoms with Crippen LogP contribution in [0.4, 0.5) is 0 Å². The van der Waals surface area contributed by atoms with Gasteiger partial charge in [-0.1, -0.05) is 13.8 Å². The zero-order chi connectivity index (χ0) is 17.5. The van der Waals surface area contributed by atoms with E-state index in [1.165, 1.54) is 26.4 Å². The highest BCUT2D eigenvalue weighted by molar-refractivity contribution is 7.89. The number of methoxy groups -OCH3 is 2. The van der Waals surface area contributed by atoms with E-state index in [0.717, 1.165) is 6.42 Å². The number of sulfonamides is 1. The first-order chi connectivity index (χ1) is 10.8. The highest BCUT2D eigenvalue weighted by Gasteiger charge is 2.21. The molecule has 0 saturated carbocycles. The van der Waals surface area contributed by atoms with Crippen molar-refractivity contribution in [3.8, 4) is 11.5 Å². The van der Waals surface area contributed by atoms with E-state index in [1.54, 1.807) is 6.07 Å². The molecule has 0 aliphatic carbocycles. The van der Waals surface area contributed by atoms with Crippen LogP contribution in [0.2, 0.25) is 0 Å². The quantitative estimate of drug-likeness (QED) is 0.701. The minimum absolute atomic E-state index is 0.0747. The number of carbonyl (C=O) groups excluding carboxylic acids is 1. The van der Waals surface area contributed by atoms with E-state index >= 15 is 0 Å². The average molecular weight is 344 g/mol. The SMILES string of the molecule is COc1ccc(OC)c(S(=O)(=O)NCC(=O)NCCC(C)C)c1. The van der Waals surface area contributed by atoms with Crippen molar-refractivity contribution >= 4 is 15.9 Å². The summed E-state index contributed by atoms with van der Waals surface area (Å²) in [5.74, 6) is 0.648. The number of hydrogen-bond donors (Lipinski definition) is 2. The summed E-state index contributed by atoms with van der Waals surface area (Å²) in [6.45, 7) is 4.27. The lowest BCUT2D eigenvalue weighted by Crippen LogP contribution is -2.37. The number of benzene rings is 1. The molecule has 23 heavy (non-hydrogen) atoms. The largest absolute Gasteiger partial charge is 0.497 e. The lowest BCUT2D eigenvalue weighted by Gasteiger charge is -2.12. The summed E-state index contributed by atoms with van der Waals surface area (Å²) in [6.07, 6.45) is 0.836. The van der Waals surface area contributed by atoms with Gasteiger partial charge in [0.1, 0.15) is 16.4 Å². The van der Waals surface area contributed by atoms with E-state index in [1.807, 2.05) is 13.8 Å². The second-order valence-corrected chi connectivity index (χ2v) is 7.11. The molecule has 8 heteroatoms. The van der Waals surface area contributed by atoms with Gasteiger partial charge in [0.25, 0.3) is 0 Å². The van der Waals surface area contributed by atoms with Gasteiger partial charge in [-0.25, -0.2) is 13.1 Å². The molecule has 0 aliphatic heterocycles. The number of ether oxygens (including phenoxy) is 2. The fraction of sp³-hybridized carbons (Fsp3) is 0.533. The number of rotatable bonds is 9. The third kappa shape index (κ3) is 6.07. The van der Waals surface area contributed by atoms with Gasteiger partial charge >= 0.3 is 0 Å². The first kappa shape index (κ1) is 19.2. The predicted octanol–water partition coefficient (Wildman–Crippen LogP) is 1.14. The minimum atomic E-state index is -3.89. The molecule has 1 aromatic rings. The van der Waals surface area contributed by atoms with E-state index in [-0.39, 0.29) is 23.1 Å². The Balaban J connectivity index is 2.74. The third-order valence-electron chi connectivity index (χ3n) is 3.13. The molecule has 1 rings (SSSR count). The zero-order valence-corrected chi connectivity index (χ0v) is 14.7. The summed E-state index contributed by atoms with van der Waals surface area (Å²) in [6, 6.07) is 4.43. The third-order valence-corrected chi connectivity index (χ3v) is 4.55. The van der Waals surface area contributed by atoms with Crippen molar-refractivity contribution < 1.29 is 22.7 Å². The highest BCUT2D eigenvalue weighted by atomic mass is 32.2. The molecule has 0 aliphatic rings. The molecule has 0 radical (unpaired) electrons. The summed E-state index contributed by atoms with van der Waals surface area (Å²) in [5.41, 5.74) is 0. The Labute approximate surface area is 137 Å². The van der Waals surface area contributed by atoms with Gasteiger partial charge in [-0.05, 0) is 24.5 Å². The smallest absolute Gasteiger partial charge is 0.244 e. The molecule has 1 aromatic carbocycles. The van der Waals surface area contributed by atoms with Gasteiger partial charge in [0, 0.05) is 12.6 Å². The Morgan fingerprint density at radius 2 is 1.91 bits per heavy atom. The van der Waals surface area contributed by atoms with Crippen molar-refractivity contribution in [1.82, 2.24) is 10.0 Å². The van der Waals surface area contributed by atoms with Crippen LogP contribution in [0.1, 0.15) is 20.3 Å². The standard InChI is InChI=1S/C15H24N2O5S/c1-11(2)7-8-16-15(18)10-17-23(19,20)14-9-12(21-3)5-6-13(14)22-4/h5-6,9,11,17H,7-8,10H2,1-4H3,(H,16,18). The van der Waals surface area contributed by atoms with Gasteiger partial charge in [-0.15, -0.1) is 0 Å². The van der Waals surface area contributed by atoms with Crippen molar-refractivity contribution in [1.29, 1.82) is 0 Å². The first-order valence-corrected chi connectivity index (χ1v) is 8.77. The average Bonchev–Trinajstić information content (AvgIpc) is 2.52. The zero-order valence-electron chi connectivity index (χ0n) is 13.9. The summed E-state index contributed by atoms with van der Waals surface area (Å²) in [5, 5.41) is 2.67. The molecule has 7 nitrogen and oxygen atoms in total. The molecule has 130 valence electrons. The molecule has 1 amide bonds. The molecular formula is C15H24N2O5S. The van der Waals surface area contributed by atoms with E-state index in [2.05, 4.69) is 10.0 Å². The normalized spacial score (nSPS) is 11.3. The number of nitrogens with one attached hydrogen (secondary N) is 2. The van der Waals surface area contributed by atoms with Crippen LogP contribution < -0.4 is 19.5 Å². The molecule has 2 N–H and O–H groups in total. The fourth-order valence-corrected chi connectivity index (χ4v) is 2.96. The highest BCUT2D eigenvalue weighted by Crippen LogP contribution is 2.27. The van der Waals surface area contributed by atoms with Gasteiger partial charge in [-0.2, -0.15) is 0 Å². The van der Waals surface area contributed by atoms with Crippen LogP contribution in [0.15, 0.2) is 23.1 Å². The number of carbonyl (C=O) groups is 1. The van der Waals surface area contributed by atoms with Crippen molar-refractivity contribution in [3.05, 3.63) is 18.2 Å². The number of amides is 1. The predicted molar refractivity (Wildman–Crippen MR) is 87.2 cm³/mol. The van der Waals surface area contributed by atoms with E-state index in [4.69, 9.17) is 9.47 Å². The van der Waals surface area contributed by atoms with Gasteiger partial charge in [0.15, 0.2) is 0 Å². The molecule has 0 atom stereocenters. The van der Waals surface area contributed by atoms with Crippen molar-refractivity contribution in [2.45, 2.75) is 25.2 Å². The second kappa shape index (κ2) is 8.73. The minimum Gasteiger partial charge on any atom is -0.497 e. The van der Waals surface area contributed by atoms with Crippen LogP contribution in [0, 0.1) is 5.92 Å². The molecule has 0 unspecified atom stereocenters. The first-order valence-electron chi connectivity index (χ1n) is 7.28. The summed E-state index contributed by atoms with van der Waals surface area (Å²) in [7, 11) is -1.08. The lowest BCUT2D eigenvalue weighted by molar-refractivity contribution is -0.119. The van der Waals surface area contributed by atoms with Crippen LogP contribution in [0.25, 0.3) is 0 Å². The maximum Gasteiger partial charge on any atom is 0.244 e. The maximum atomic E-state index is 12.3. The topological polar surface area (TPSA) is 93.7 Å². The van der Waals surface area contributed by atoms with E-state index in [9.17, 15) is 13.2 Å². The summed E-state index contributed by atoms with van der Waals surface area (Å²) >= 11 is 0. The molecule has 0 aromatic heterocycles. The van der Waals surface area contributed by atoms with Gasteiger partial charge in [0.05, 0.1) is 20.8 Å². The lowest BCUT2D eigenvalue weighted by atomic mass is 10.1. The molecular weight excluding hydrogens is 320 g/mol. The van der Waals surface area contributed by atoms with Crippen LogP contribution in [-0.4, -0.2) is 41.6 Å². The van der Waals surface area contributed by atoms with Crippen molar-refractivity contribution in [2.24, 2.45) is 5.92 Å². The summed E-state index contributed by atoms with van der Waals surface area (Å²) in [4.78, 5) is 11.6. The Kier molecular flexibility index (Phi) is 7.31. The maximum absolute atomic E-state index is 12.3. The Morgan fingerprint density at radius 3 is 2.48 bits per heavy atom. The Morgan fingerprint density at radius 1 is 1.22 bits per heavy atom. The van der Waals surface area contributed by atoms with Crippen LogP contribution in [0.5, 0.6) is 11.5 Å². The monoisotopic (exact) mass is 344 g/mol. The van der Waals surface area contributed by atoms with Crippen molar-refractivity contribution in [3.63, 3.8) is 0 Å². The van der Waals surface area contributed by atoms with E-state index < -0.39 is 10.0 Å². The number of hydrogen-bond acceptors (Lipinski definition) is 5. The van der Waals surface area contributed by atoms with Crippen LogP contribution >= 0.6 is 0 Å². The molecule has 0 fully saturated rings. The van der Waals surface area contributed by atoms with Crippen LogP contribution in [0.3, 0.4) is 0 Å². The molecule has 0 heterocycles. The van der Waals surface area contributed by atoms with Crippen LogP contribution in [-0.2, 0) is 14.8 Å². The second-order valence-electron chi connectivity index (χ2n) is 5.37. The summed E-state index contributed by atoms with van der Waals surface area (Å²) < 4.78 is 37.0. The van der Waals surface area contributed by atoms with E-state index in [0.29, 0.717) is 18.2 Å². The van der Waals surface area contributed by atoms with Crippen molar-refractivity contribution in [2.75, 3.05) is 27.3 Å². The molecule has 0 bridgehead atoms. The fourth-order valence-electron chi connectivity index (χ4n) is 1.80. The molecule has 0 saturated heterocycles. The Bertz CT molecular complexity index is 629. The Hall–Kier alpha value is -1.80. The van der Waals surface area contributed by atoms with Gasteiger partial charge in [-0.3, -0.25) is 4.79 Å².